The Hall–Kier alpha value is -3.93. The maximum atomic E-state index is 12.9. The highest BCUT2D eigenvalue weighted by Crippen LogP contribution is 2.17. The van der Waals surface area contributed by atoms with Crippen molar-refractivity contribution in [1.82, 2.24) is 0 Å². The van der Waals surface area contributed by atoms with E-state index >= 15 is 0 Å². The predicted molar refractivity (Wildman–Crippen MR) is 348 cm³/mol. The van der Waals surface area contributed by atoms with E-state index in [0.29, 0.717) is 19.3 Å². The molecular weight excluding hydrogens is 985 g/mol. The van der Waals surface area contributed by atoms with Crippen molar-refractivity contribution in [2.45, 2.75) is 329 Å². The summed E-state index contributed by atoms with van der Waals surface area (Å²) in [5, 5.41) is 0. The van der Waals surface area contributed by atoms with Crippen LogP contribution in [0, 0.1) is 0 Å². The van der Waals surface area contributed by atoms with Crippen LogP contribution in [-0.4, -0.2) is 37.2 Å². The van der Waals surface area contributed by atoms with Gasteiger partial charge in [0.1, 0.15) is 13.2 Å². The molecule has 0 spiro atoms. The molecule has 0 fully saturated rings. The molecule has 0 aromatic rings. The number of rotatable bonds is 61. The van der Waals surface area contributed by atoms with Crippen LogP contribution in [0.25, 0.3) is 0 Å². The van der Waals surface area contributed by atoms with Gasteiger partial charge in [0.2, 0.25) is 0 Å². The summed E-state index contributed by atoms with van der Waals surface area (Å²) in [5.74, 6) is -0.911. The highest BCUT2D eigenvalue weighted by Gasteiger charge is 2.19. The minimum atomic E-state index is -0.793. The zero-order valence-electron chi connectivity index (χ0n) is 52.6. The average molecular weight is 1110 g/mol. The van der Waals surface area contributed by atoms with Gasteiger partial charge >= 0.3 is 17.9 Å². The predicted octanol–water partition coefficient (Wildman–Crippen LogP) is 23.4. The lowest BCUT2D eigenvalue weighted by Gasteiger charge is -2.18. The van der Waals surface area contributed by atoms with Gasteiger partial charge < -0.3 is 14.2 Å². The van der Waals surface area contributed by atoms with Crippen LogP contribution < -0.4 is 0 Å². The van der Waals surface area contributed by atoms with E-state index in [9.17, 15) is 14.4 Å². The fourth-order valence-corrected chi connectivity index (χ4v) is 9.42. The summed E-state index contributed by atoms with van der Waals surface area (Å²) in [6.45, 7) is 6.45. The lowest BCUT2D eigenvalue weighted by molar-refractivity contribution is -0.167. The molecule has 0 radical (unpaired) electrons. The van der Waals surface area contributed by atoms with Gasteiger partial charge in [0, 0.05) is 19.3 Å². The molecule has 0 rings (SSSR count). The fourth-order valence-electron chi connectivity index (χ4n) is 9.42. The van der Waals surface area contributed by atoms with Crippen molar-refractivity contribution < 1.29 is 28.6 Å². The number of ether oxygens (including phenoxy) is 3. The van der Waals surface area contributed by atoms with E-state index in [4.69, 9.17) is 14.2 Å². The molecule has 0 amide bonds. The lowest BCUT2D eigenvalue weighted by atomic mass is 10.0. The van der Waals surface area contributed by atoms with Gasteiger partial charge in [-0.3, -0.25) is 14.4 Å². The molecule has 1 atom stereocenters. The van der Waals surface area contributed by atoms with Crippen LogP contribution in [0.15, 0.2) is 109 Å². The summed E-state index contributed by atoms with van der Waals surface area (Å²) in [6.07, 6.45) is 92.6. The smallest absolute Gasteiger partial charge is 0.306 e. The standard InChI is InChI=1S/C74H126O6/c1-4-7-10-13-16-19-22-24-26-28-30-32-33-34-35-36-37-38-39-40-41-43-44-46-48-50-52-55-58-61-64-67-73(76)79-70-71(69-78-72(75)66-63-60-57-54-21-18-15-12-9-6-3)80-74(77)68-65-62-59-56-53-51-49-47-45-42-31-29-27-25-23-20-17-14-11-8-5-2/h8,11-12,15,17,20,22,24-25,27-28,30-31,33-34,42,47,49,71H,4-7,9-10,13-14,16,18-19,21,23,26,29,32,35-41,43-46,48,50-70H2,1-3H3/b11-8-,15-12-,20-17-,24-22-,27-25-,30-28-,34-33-,42-31-,49-47-. The number of hydrogen-bond acceptors (Lipinski definition) is 6. The van der Waals surface area contributed by atoms with Crippen LogP contribution in [0.2, 0.25) is 0 Å². The summed E-state index contributed by atoms with van der Waals surface area (Å²) >= 11 is 0. The number of esters is 3. The van der Waals surface area contributed by atoms with Crippen LogP contribution in [0.5, 0.6) is 0 Å². The molecule has 0 saturated carbocycles. The number of carbonyl (C=O) groups is 3. The van der Waals surface area contributed by atoms with Crippen molar-refractivity contribution in [3.8, 4) is 0 Å². The van der Waals surface area contributed by atoms with Crippen LogP contribution in [-0.2, 0) is 28.6 Å². The van der Waals surface area contributed by atoms with E-state index in [-0.39, 0.29) is 31.1 Å². The summed E-state index contributed by atoms with van der Waals surface area (Å²) in [7, 11) is 0. The first-order chi connectivity index (χ1) is 39.5. The molecule has 458 valence electrons. The van der Waals surface area contributed by atoms with Crippen LogP contribution in [0.4, 0.5) is 0 Å². The highest BCUT2D eigenvalue weighted by atomic mass is 16.6. The van der Waals surface area contributed by atoms with Crippen molar-refractivity contribution in [2.75, 3.05) is 13.2 Å². The van der Waals surface area contributed by atoms with Gasteiger partial charge in [-0.1, -0.05) is 291 Å². The largest absolute Gasteiger partial charge is 0.462 e. The van der Waals surface area contributed by atoms with Gasteiger partial charge in [-0.2, -0.15) is 0 Å². The Morgan fingerprint density at radius 1 is 0.263 bits per heavy atom. The fraction of sp³-hybridized carbons (Fsp3) is 0.716. The SMILES string of the molecule is CC/C=C\C/C=C\C/C=C\C/C=C\C/C=C\CCCCCCCC(=O)OC(COC(=O)CCCCCCC/C=C\CCC)COC(=O)CCCCCCCCCCCCCCCCCC/C=C\C/C=C\C/C=C\CCCCCCC. The molecule has 1 unspecified atom stereocenters. The molecule has 0 heterocycles. The van der Waals surface area contributed by atoms with Crippen LogP contribution >= 0.6 is 0 Å². The third-order valence-corrected chi connectivity index (χ3v) is 14.5. The average Bonchev–Trinajstić information content (AvgIpc) is 3.46. The van der Waals surface area contributed by atoms with E-state index in [1.165, 1.54) is 141 Å². The second kappa shape index (κ2) is 67.6. The van der Waals surface area contributed by atoms with E-state index in [2.05, 4.69) is 130 Å². The Balaban J connectivity index is 4.20. The van der Waals surface area contributed by atoms with Crippen molar-refractivity contribution in [1.29, 1.82) is 0 Å². The molecule has 0 bridgehead atoms. The Morgan fingerprint density at radius 2 is 0.512 bits per heavy atom. The van der Waals surface area contributed by atoms with E-state index < -0.39 is 6.10 Å². The van der Waals surface area contributed by atoms with Gasteiger partial charge in [0.05, 0.1) is 0 Å². The Morgan fingerprint density at radius 3 is 0.825 bits per heavy atom. The highest BCUT2D eigenvalue weighted by molar-refractivity contribution is 5.71. The molecule has 0 aliphatic carbocycles. The summed E-state index contributed by atoms with van der Waals surface area (Å²) in [5.41, 5.74) is 0. The number of unbranched alkanes of at least 4 members (excludes halogenated alkanes) is 32. The van der Waals surface area contributed by atoms with Crippen LogP contribution in [0.3, 0.4) is 0 Å². The van der Waals surface area contributed by atoms with Crippen molar-refractivity contribution in [3.05, 3.63) is 109 Å². The first-order valence-electron chi connectivity index (χ1n) is 33.9. The van der Waals surface area contributed by atoms with Gasteiger partial charge in [-0.25, -0.2) is 0 Å². The zero-order chi connectivity index (χ0) is 57.8. The van der Waals surface area contributed by atoms with Gasteiger partial charge in [-0.15, -0.1) is 0 Å². The third-order valence-electron chi connectivity index (χ3n) is 14.5. The maximum absolute atomic E-state index is 12.9. The van der Waals surface area contributed by atoms with E-state index in [1.54, 1.807) is 0 Å². The zero-order valence-corrected chi connectivity index (χ0v) is 52.6. The number of allylic oxidation sites excluding steroid dienone is 18. The van der Waals surface area contributed by atoms with Gasteiger partial charge in [-0.05, 0) is 122 Å². The quantitative estimate of drug-likeness (QED) is 0.0261. The summed E-state index contributed by atoms with van der Waals surface area (Å²) < 4.78 is 16.9. The van der Waals surface area contributed by atoms with E-state index in [0.717, 1.165) is 141 Å². The molecule has 0 saturated heterocycles. The topological polar surface area (TPSA) is 78.9 Å². The minimum Gasteiger partial charge on any atom is -0.462 e. The first-order valence-corrected chi connectivity index (χ1v) is 33.9. The van der Waals surface area contributed by atoms with Gasteiger partial charge in [0.15, 0.2) is 6.10 Å². The molecule has 0 aromatic heterocycles. The second-order valence-corrected chi connectivity index (χ2v) is 22.3. The Labute approximate surface area is 495 Å². The van der Waals surface area contributed by atoms with Gasteiger partial charge in [0.25, 0.3) is 0 Å². The number of hydrogen-bond donors (Lipinski definition) is 0. The first kappa shape index (κ1) is 76.1. The normalized spacial score (nSPS) is 12.8. The van der Waals surface area contributed by atoms with Crippen molar-refractivity contribution >= 4 is 17.9 Å². The Bertz CT molecular complexity index is 1610. The van der Waals surface area contributed by atoms with Crippen LogP contribution in [0.1, 0.15) is 323 Å². The van der Waals surface area contributed by atoms with Crippen molar-refractivity contribution in [3.63, 3.8) is 0 Å². The molecule has 0 N–H and O–H groups in total. The monoisotopic (exact) mass is 1110 g/mol. The molecule has 0 aliphatic rings. The third kappa shape index (κ3) is 64.9. The summed E-state index contributed by atoms with van der Waals surface area (Å²) in [4.78, 5) is 38.3. The van der Waals surface area contributed by atoms with E-state index in [1.807, 2.05) is 0 Å². The summed E-state index contributed by atoms with van der Waals surface area (Å²) in [6, 6.07) is 0. The molecular formula is C74H126O6. The maximum Gasteiger partial charge on any atom is 0.306 e. The van der Waals surface area contributed by atoms with Crippen molar-refractivity contribution in [2.24, 2.45) is 0 Å². The molecule has 80 heavy (non-hydrogen) atoms. The molecule has 0 aliphatic heterocycles. The Kier molecular flexibility index (Phi) is 64.3. The lowest BCUT2D eigenvalue weighted by Crippen LogP contribution is -2.30. The second-order valence-electron chi connectivity index (χ2n) is 22.3. The molecule has 6 heteroatoms. The minimum absolute atomic E-state index is 0.0881. The molecule has 0 aromatic carbocycles. The number of carbonyl (C=O) groups excluding carboxylic acids is 3. The molecule has 6 nitrogen and oxygen atoms in total.